The zero-order valence-corrected chi connectivity index (χ0v) is 13.3. The van der Waals surface area contributed by atoms with E-state index in [0.717, 1.165) is 21.2 Å². The summed E-state index contributed by atoms with van der Waals surface area (Å²) in [4.78, 5) is 9.06. The van der Waals surface area contributed by atoms with E-state index >= 15 is 0 Å². The summed E-state index contributed by atoms with van der Waals surface area (Å²) in [6, 6.07) is 16.4. The van der Waals surface area contributed by atoms with Crippen molar-refractivity contribution in [3.63, 3.8) is 0 Å². The molecule has 0 amide bonds. The van der Waals surface area contributed by atoms with Gasteiger partial charge in [0, 0.05) is 17.1 Å². The number of para-hydroxylation sites is 2. The van der Waals surface area contributed by atoms with Gasteiger partial charge in [-0.05, 0) is 30.7 Å². The van der Waals surface area contributed by atoms with Crippen LogP contribution in [0, 0.1) is 0 Å². The fourth-order valence-corrected chi connectivity index (χ4v) is 2.90. The van der Waals surface area contributed by atoms with Crippen LogP contribution in [-0.4, -0.2) is 9.97 Å². The fourth-order valence-electron chi connectivity index (χ4n) is 2.27. The monoisotopic (exact) mass is 341 g/mol. The maximum Gasteiger partial charge on any atom is 0.0890 e. The van der Waals surface area contributed by atoms with Crippen molar-refractivity contribution in [2.45, 2.75) is 19.5 Å². The number of halogens is 1. The van der Waals surface area contributed by atoms with Gasteiger partial charge in [-0.3, -0.25) is 4.98 Å². The first-order valence-corrected chi connectivity index (χ1v) is 7.72. The van der Waals surface area contributed by atoms with Gasteiger partial charge in [0.2, 0.25) is 0 Å². The van der Waals surface area contributed by atoms with E-state index in [-0.39, 0.29) is 6.04 Å². The number of nitrogens with one attached hydrogen (secondary N) is 1. The number of hydrogen-bond donors (Lipinski definition) is 1. The first kappa shape index (κ1) is 14.2. The van der Waals surface area contributed by atoms with Gasteiger partial charge in [0.25, 0.3) is 0 Å². The molecule has 0 aliphatic rings. The molecule has 0 saturated carbocycles. The second-order valence-electron chi connectivity index (χ2n) is 4.97. The molecule has 106 valence electrons. The fraction of sp³-hybridized carbons (Fsp3) is 0.176. The van der Waals surface area contributed by atoms with Crippen molar-refractivity contribution in [1.82, 2.24) is 15.3 Å². The number of benzene rings is 2. The van der Waals surface area contributed by atoms with E-state index in [0.29, 0.717) is 6.54 Å². The summed E-state index contributed by atoms with van der Waals surface area (Å²) >= 11 is 3.59. The van der Waals surface area contributed by atoms with E-state index < -0.39 is 0 Å². The lowest BCUT2D eigenvalue weighted by molar-refractivity contribution is 0.566. The molecule has 3 aromatic rings. The Hall–Kier alpha value is -1.78. The van der Waals surface area contributed by atoms with Crippen LogP contribution < -0.4 is 5.32 Å². The highest BCUT2D eigenvalue weighted by molar-refractivity contribution is 9.10. The molecule has 3 rings (SSSR count). The van der Waals surface area contributed by atoms with Crippen LogP contribution >= 0.6 is 15.9 Å². The molecule has 1 N–H and O–H groups in total. The van der Waals surface area contributed by atoms with E-state index in [2.05, 4.69) is 50.3 Å². The Morgan fingerprint density at radius 3 is 2.57 bits per heavy atom. The number of hydrogen-bond acceptors (Lipinski definition) is 3. The lowest BCUT2D eigenvalue weighted by Crippen LogP contribution is -2.19. The second-order valence-corrected chi connectivity index (χ2v) is 5.83. The van der Waals surface area contributed by atoms with E-state index in [4.69, 9.17) is 0 Å². The molecule has 0 radical (unpaired) electrons. The lowest BCUT2D eigenvalue weighted by Gasteiger charge is -2.15. The van der Waals surface area contributed by atoms with Gasteiger partial charge in [0.05, 0.1) is 22.9 Å². The summed E-state index contributed by atoms with van der Waals surface area (Å²) in [6.45, 7) is 2.84. The molecule has 1 aromatic heterocycles. The van der Waals surface area contributed by atoms with Crippen LogP contribution in [0.1, 0.15) is 24.2 Å². The normalized spacial score (nSPS) is 12.5. The zero-order chi connectivity index (χ0) is 14.7. The maximum absolute atomic E-state index is 4.63. The van der Waals surface area contributed by atoms with Crippen LogP contribution in [0.25, 0.3) is 11.0 Å². The Balaban J connectivity index is 1.73. The van der Waals surface area contributed by atoms with Gasteiger partial charge < -0.3 is 5.32 Å². The Morgan fingerprint density at radius 2 is 1.76 bits per heavy atom. The third kappa shape index (κ3) is 3.28. The van der Waals surface area contributed by atoms with Gasteiger partial charge in [0.1, 0.15) is 0 Å². The third-order valence-electron chi connectivity index (χ3n) is 3.46. The molecule has 1 atom stereocenters. The standard InChI is InChI=1S/C17H16BrN3/c1-12(14-6-2-3-7-15(14)18)19-10-13-11-20-16-8-4-5-9-17(16)21-13/h2-9,11-12,19H,10H2,1H3/t12-/m0/s1. The molecule has 1 heterocycles. The minimum atomic E-state index is 0.244. The van der Waals surface area contributed by atoms with Crippen LogP contribution in [0.3, 0.4) is 0 Å². The zero-order valence-electron chi connectivity index (χ0n) is 11.8. The number of rotatable bonds is 4. The van der Waals surface area contributed by atoms with Gasteiger partial charge in [-0.1, -0.05) is 46.3 Å². The van der Waals surface area contributed by atoms with Crippen LogP contribution in [0.5, 0.6) is 0 Å². The summed E-state index contributed by atoms with van der Waals surface area (Å²) in [7, 11) is 0. The maximum atomic E-state index is 4.63. The highest BCUT2D eigenvalue weighted by Gasteiger charge is 2.08. The van der Waals surface area contributed by atoms with E-state index in [9.17, 15) is 0 Å². The van der Waals surface area contributed by atoms with Crippen LogP contribution in [0.4, 0.5) is 0 Å². The van der Waals surface area contributed by atoms with Crippen molar-refractivity contribution in [1.29, 1.82) is 0 Å². The summed E-state index contributed by atoms with van der Waals surface area (Å²) in [5.41, 5.74) is 4.06. The smallest absolute Gasteiger partial charge is 0.0890 e. The summed E-state index contributed by atoms with van der Waals surface area (Å²) in [5, 5.41) is 3.49. The van der Waals surface area contributed by atoms with Gasteiger partial charge in [-0.15, -0.1) is 0 Å². The van der Waals surface area contributed by atoms with Gasteiger partial charge >= 0.3 is 0 Å². The van der Waals surface area contributed by atoms with Crippen molar-refractivity contribution in [3.05, 3.63) is 70.5 Å². The molecule has 2 aromatic carbocycles. The quantitative estimate of drug-likeness (QED) is 0.771. The molecule has 4 heteroatoms. The molecular weight excluding hydrogens is 326 g/mol. The molecule has 3 nitrogen and oxygen atoms in total. The summed E-state index contributed by atoms with van der Waals surface area (Å²) in [6.07, 6.45) is 1.84. The Labute approximate surface area is 132 Å². The van der Waals surface area contributed by atoms with Crippen molar-refractivity contribution >= 4 is 27.0 Å². The Kier molecular flexibility index (Phi) is 4.27. The number of aromatic nitrogens is 2. The Bertz CT molecular complexity index is 758. The highest BCUT2D eigenvalue weighted by atomic mass is 79.9. The van der Waals surface area contributed by atoms with Crippen LogP contribution in [0.2, 0.25) is 0 Å². The van der Waals surface area contributed by atoms with Crippen molar-refractivity contribution in [2.75, 3.05) is 0 Å². The average molecular weight is 342 g/mol. The minimum Gasteiger partial charge on any atom is -0.304 e. The summed E-state index contributed by atoms with van der Waals surface area (Å²) < 4.78 is 1.12. The third-order valence-corrected chi connectivity index (χ3v) is 4.18. The predicted octanol–water partition coefficient (Wildman–Crippen LogP) is 4.24. The average Bonchev–Trinajstić information content (AvgIpc) is 2.53. The lowest BCUT2D eigenvalue weighted by atomic mass is 10.1. The second kappa shape index (κ2) is 6.33. The van der Waals surface area contributed by atoms with Crippen molar-refractivity contribution < 1.29 is 0 Å². The van der Waals surface area contributed by atoms with Gasteiger partial charge in [-0.25, -0.2) is 4.98 Å². The van der Waals surface area contributed by atoms with Crippen LogP contribution in [-0.2, 0) is 6.54 Å². The van der Waals surface area contributed by atoms with Gasteiger partial charge in [0.15, 0.2) is 0 Å². The number of fused-ring (bicyclic) bond motifs is 1. The molecule has 0 bridgehead atoms. The van der Waals surface area contributed by atoms with E-state index in [1.165, 1.54) is 5.56 Å². The van der Waals surface area contributed by atoms with Gasteiger partial charge in [-0.2, -0.15) is 0 Å². The first-order valence-electron chi connectivity index (χ1n) is 6.92. The minimum absolute atomic E-state index is 0.244. The molecule has 0 saturated heterocycles. The largest absolute Gasteiger partial charge is 0.304 e. The van der Waals surface area contributed by atoms with E-state index in [1.54, 1.807) is 0 Å². The Morgan fingerprint density at radius 1 is 1.05 bits per heavy atom. The molecule has 0 unspecified atom stereocenters. The SMILES string of the molecule is C[C@H](NCc1cnc2ccccc2n1)c1ccccc1Br. The first-order chi connectivity index (χ1) is 10.2. The molecule has 21 heavy (non-hydrogen) atoms. The van der Waals surface area contributed by atoms with E-state index in [1.807, 2.05) is 42.6 Å². The topological polar surface area (TPSA) is 37.8 Å². The molecule has 0 aliphatic carbocycles. The molecular formula is C17H16BrN3. The van der Waals surface area contributed by atoms with Crippen molar-refractivity contribution in [2.24, 2.45) is 0 Å². The molecule has 0 fully saturated rings. The number of nitrogens with zero attached hydrogens (tertiary/aromatic N) is 2. The van der Waals surface area contributed by atoms with Crippen molar-refractivity contribution in [3.8, 4) is 0 Å². The summed E-state index contributed by atoms with van der Waals surface area (Å²) in [5.74, 6) is 0. The molecule has 0 aliphatic heterocycles. The van der Waals surface area contributed by atoms with Crippen LogP contribution in [0.15, 0.2) is 59.2 Å². The predicted molar refractivity (Wildman–Crippen MR) is 88.9 cm³/mol. The molecule has 0 spiro atoms. The highest BCUT2D eigenvalue weighted by Crippen LogP contribution is 2.22.